The molecule has 0 saturated carbocycles. The Hall–Kier alpha value is -2.35. The van der Waals surface area contributed by atoms with Gasteiger partial charge in [-0.3, -0.25) is 10.1 Å². The smallest absolute Gasteiger partial charge is 0.321 e. The van der Waals surface area contributed by atoms with Crippen LogP contribution in [0, 0.1) is 6.92 Å². The summed E-state index contributed by atoms with van der Waals surface area (Å²) in [6.07, 6.45) is 0. The van der Waals surface area contributed by atoms with Crippen molar-refractivity contribution in [3.63, 3.8) is 0 Å². The van der Waals surface area contributed by atoms with Gasteiger partial charge in [0.15, 0.2) is 11.0 Å². The molecule has 2 N–H and O–H groups in total. The molecule has 0 radical (unpaired) electrons. The van der Waals surface area contributed by atoms with Crippen LogP contribution in [0.15, 0.2) is 29.4 Å². The van der Waals surface area contributed by atoms with E-state index >= 15 is 0 Å². The van der Waals surface area contributed by atoms with Gasteiger partial charge in [0, 0.05) is 19.2 Å². The second-order valence-electron chi connectivity index (χ2n) is 5.29. The minimum Gasteiger partial charge on any atom is -0.338 e. The quantitative estimate of drug-likeness (QED) is 0.809. The van der Waals surface area contributed by atoms with E-state index < -0.39 is 11.3 Å². The number of carbonyl (C=O) groups excluding carboxylic acids is 2. The van der Waals surface area contributed by atoms with E-state index in [1.807, 2.05) is 42.8 Å². The Balaban J connectivity index is 2.10. The molecular weight excluding hydrogens is 326 g/mol. The van der Waals surface area contributed by atoms with Gasteiger partial charge in [-0.25, -0.2) is 4.79 Å². The van der Waals surface area contributed by atoms with E-state index in [1.54, 1.807) is 13.8 Å². The maximum Gasteiger partial charge on any atom is 0.321 e. The van der Waals surface area contributed by atoms with Crippen LogP contribution in [0.3, 0.4) is 0 Å². The molecule has 1 aromatic heterocycles. The number of thioether (sulfide) groups is 1. The zero-order valence-electron chi connectivity index (χ0n) is 14.2. The van der Waals surface area contributed by atoms with Gasteiger partial charge >= 0.3 is 6.03 Å². The Morgan fingerprint density at radius 2 is 2.00 bits per heavy atom. The number of hydrogen-bond acceptors (Lipinski definition) is 5. The highest BCUT2D eigenvalue weighted by Crippen LogP contribution is 2.27. The largest absolute Gasteiger partial charge is 0.338 e. The summed E-state index contributed by atoms with van der Waals surface area (Å²) in [4.78, 5) is 23.4. The number of benzene rings is 1. The van der Waals surface area contributed by atoms with Crippen molar-refractivity contribution < 1.29 is 9.59 Å². The summed E-state index contributed by atoms with van der Waals surface area (Å²) in [6.45, 7) is 5.99. The van der Waals surface area contributed by atoms with E-state index in [0.717, 1.165) is 17.0 Å². The number of hydrogen-bond donors (Lipinski definition) is 2. The van der Waals surface area contributed by atoms with Crippen LogP contribution >= 0.6 is 11.8 Å². The molecule has 8 heteroatoms. The molecule has 0 aliphatic heterocycles. The zero-order chi connectivity index (χ0) is 17.7. The fraction of sp³-hybridized carbons (Fsp3) is 0.375. The molecule has 0 aliphatic rings. The normalized spacial score (nSPS) is 11.8. The van der Waals surface area contributed by atoms with E-state index in [4.69, 9.17) is 0 Å². The summed E-state index contributed by atoms with van der Waals surface area (Å²) in [5.41, 5.74) is 2.10. The van der Waals surface area contributed by atoms with Crippen LogP contribution in [0.2, 0.25) is 0 Å². The van der Waals surface area contributed by atoms with E-state index in [0.29, 0.717) is 11.7 Å². The topological polar surface area (TPSA) is 88.9 Å². The number of nitrogens with zero attached hydrogens (tertiary/aromatic N) is 3. The van der Waals surface area contributed by atoms with Gasteiger partial charge in [0.2, 0.25) is 5.91 Å². The van der Waals surface area contributed by atoms with Crippen molar-refractivity contribution in [2.24, 2.45) is 7.05 Å². The second kappa shape index (κ2) is 7.96. The van der Waals surface area contributed by atoms with Crippen molar-refractivity contribution in [1.29, 1.82) is 0 Å². The average molecular weight is 347 g/mol. The molecule has 2 aromatic rings. The highest BCUT2D eigenvalue weighted by atomic mass is 32.2. The Labute approximate surface area is 145 Å². The zero-order valence-corrected chi connectivity index (χ0v) is 15.0. The summed E-state index contributed by atoms with van der Waals surface area (Å²) in [6, 6.07) is 7.43. The summed E-state index contributed by atoms with van der Waals surface area (Å²) in [7, 11) is 1.86. The standard InChI is InChI=1S/C16H21N5O2S/c1-5-17-15(23)18-14(22)11(3)24-16-20-19-13(21(16)4)12-9-7-6-8-10(12)2/h6-9,11H,5H2,1-4H3,(H2,17,18,22,23). The summed E-state index contributed by atoms with van der Waals surface area (Å²) in [5, 5.41) is 13.4. The SMILES string of the molecule is CCNC(=O)NC(=O)C(C)Sc1nnc(-c2ccccc2C)n1C. The van der Waals surface area contributed by atoms with Gasteiger partial charge in [-0.2, -0.15) is 0 Å². The lowest BCUT2D eigenvalue weighted by Crippen LogP contribution is -2.42. The molecule has 128 valence electrons. The lowest BCUT2D eigenvalue weighted by Gasteiger charge is -2.11. The number of carbonyl (C=O) groups is 2. The molecule has 1 atom stereocenters. The lowest BCUT2D eigenvalue weighted by atomic mass is 10.1. The number of nitrogens with one attached hydrogen (secondary N) is 2. The van der Waals surface area contributed by atoms with Gasteiger partial charge in [0.1, 0.15) is 0 Å². The first-order chi connectivity index (χ1) is 11.4. The van der Waals surface area contributed by atoms with Crippen LogP contribution in [0.25, 0.3) is 11.4 Å². The van der Waals surface area contributed by atoms with E-state index in [2.05, 4.69) is 20.8 Å². The molecule has 1 aromatic carbocycles. The summed E-state index contributed by atoms with van der Waals surface area (Å²) >= 11 is 1.26. The predicted molar refractivity (Wildman–Crippen MR) is 93.7 cm³/mol. The Morgan fingerprint density at radius 1 is 1.29 bits per heavy atom. The molecule has 0 spiro atoms. The van der Waals surface area contributed by atoms with Gasteiger partial charge in [-0.1, -0.05) is 36.0 Å². The predicted octanol–water partition coefficient (Wildman–Crippen LogP) is 2.12. The van der Waals surface area contributed by atoms with Crippen LogP contribution in [0.1, 0.15) is 19.4 Å². The molecule has 0 fully saturated rings. The molecule has 2 rings (SSSR count). The molecule has 0 bridgehead atoms. The Morgan fingerprint density at radius 3 is 2.67 bits per heavy atom. The van der Waals surface area contributed by atoms with E-state index in [1.165, 1.54) is 11.8 Å². The van der Waals surface area contributed by atoms with Crippen molar-refractivity contribution in [2.45, 2.75) is 31.2 Å². The fourth-order valence-electron chi connectivity index (χ4n) is 2.11. The molecular formula is C16H21N5O2S. The highest BCUT2D eigenvalue weighted by molar-refractivity contribution is 8.00. The molecule has 7 nitrogen and oxygen atoms in total. The number of aryl methyl sites for hydroxylation is 1. The number of amides is 3. The van der Waals surface area contributed by atoms with Gasteiger partial charge in [0.05, 0.1) is 5.25 Å². The lowest BCUT2D eigenvalue weighted by molar-refractivity contribution is -0.119. The van der Waals surface area contributed by atoms with Crippen molar-refractivity contribution in [3.8, 4) is 11.4 Å². The number of aromatic nitrogens is 3. The van der Waals surface area contributed by atoms with Gasteiger partial charge in [-0.15, -0.1) is 10.2 Å². The Kier molecular flexibility index (Phi) is 5.97. The third-order valence-electron chi connectivity index (χ3n) is 3.45. The van der Waals surface area contributed by atoms with Crippen LogP contribution in [0.4, 0.5) is 4.79 Å². The second-order valence-corrected chi connectivity index (χ2v) is 6.60. The molecule has 1 unspecified atom stereocenters. The van der Waals surface area contributed by atoms with Gasteiger partial charge in [0.25, 0.3) is 0 Å². The third-order valence-corrected chi connectivity index (χ3v) is 4.58. The molecule has 0 aliphatic carbocycles. The molecule has 0 saturated heterocycles. The van der Waals surface area contributed by atoms with Gasteiger partial charge in [-0.05, 0) is 26.3 Å². The van der Waals surface area contributed by atoms with Crippen molar-refractivity contribution in [3.05, 3.63) is 29.8 Å². The maximum absolute atomic E-state index is 12.0. The van der Waals surface area contributed by atoms with Crippen molar-refractivity contribution >= 4 is 23.7 Å². The summed E-state index contributed by atoms with van der Waals surface area (Å²) in [5.74, 6) is 0.373. The minimum absolute atomic E-state index is 0.369. The van der Waals surface area contributed by atoms with Crippen LogP contribution in [-0.2, 0) is 11.8 Å². The fourth-order valence-corrected chi connectivity index (χ4v) is 2.92. The first-order valence-corrected chi connectivity index (χ1v) is 8.52. The number of urea groups is 1. The minimum atomic E-state index is -0.492. The van der Waals surface area contributed by atoms with Crippen molar-refractivity contribution in [1.82, 2.24) is 25.4 Å². The molecule has 1 heterocycles. The van der Waals surface area contributed by atoms with Gasteiger partial charge < -0.3 is 9.88 Å². The first-order valence-electron chi connectivity index (χ1n) is 7.64. The molecule has 24 heavy (non-hydrogen) atoms. The summed E-state index contributed by atoms with van der Waals surface area (Å²) < 4.78 is 1.85. The van der Waals surface area contributed by atoms with Crippen LogP contribution < -0.4 is 10.6 Å². The molecule has 3 amide bonds. The first kappa shape index (κ1) is 18.0. The average Bonchev–Trinajstić information content (AvgIpc) is 2.89. The monoisotopic (exact) mass is 347 g/mol. The van der Waals surface area contributed by atoms with Crippen molar-refractivity contribution in [2.75, 3.05) is 6.54 Å². The highest BCUT2D eigenvalue weighted by Gasteiger charge is 2.21. The number of rotatable bonds is 5. The Bertz CT molecular complexity index is 744. The number of imide groups is 1. The van der Waals surface area contributed by atoms with Crippen LogP contribution in [-0.4, -0.2) is 38.5 Å². The third kappa shape index (κ3) is 4.14. The maximum atomic E-state index is 12.0. The van der Waals surface area contributed by atoms with Crippen LogP contribution in [0.5, 0.6) is 0 Å². The van der Waals surface area contributed by atoms with E-state index in [9.17, 15) is 9.59 Å². The van der Waals surface area contributed by atoms with E-state index in [-0.39, 0.29) is 5.91 Å².